The van der Waals surface area contributed by atoms with E-state index >= 15 is 0 Å². The molecule has 6 nitrogen and oxygen atoms in total. The van der Waals surface area contributed by atoms with Crippen LogP contribution in [-0.2, 0) is 14.3 Å². The van der Waals surface area contributed by atoms with Crippen molar-refractivity contribution in [3.05, 3.63) is 69.2 Å². The summed E-state index contributed by atoms with van der Waals surface area (Å²) >= 11 is 3.43. The van der Waals surface area contributed by atoms with Gasteiger partial charge in [-0.3, -0.25) is 9.59 Å². The Morgan fingerprint density at radius 1 is 1.20 bits per heavy atom. The normalized spacial score (nSPS) is 23.3. The fourth-order valence-corrected chi connectivity index (χ4v) is 4.27. The fourth-order valence-electron chi connectivity index (χ4n) is 4.03. The van der Waals surface area contributed by atoms with Crippen molar-refractivity contribution >= 4 is 33.4 Å². The van der Waals surface area contributed by atoms with Crippen LogP contribution in [-0.4, -0.2) is 46.1 Å². The van der Waals surface area contributed by atoms with E-state index in [1.807, 2.05) is 6.92 Å². The predicted octanol–water partition coefficient (Wildman–Crippen LogP) is 4.06. The van der Waals surface area contributed by atoms with E-state index in [9.17, 15) is 19.8 Å². The third-order valence-electron chi connectivity index (χ3n) is 5.60. The third kappa shape index (κ3) is 3.75. The van der Waals surface area contributed by atoms with E-state index < -0.39 is 17.7 Å². The van der Waals surface area contributed by atoms with Crippen molar-refractivity contribution in [1.29, 1.82) is 0 Å². The second-order valence-electron chi connectivity index (χ2n) is 7.64. The van der Waals surface area contributed by atoms with E-state index in [2.05, 4.69) is 15.9 Å². The van der Waals surface area contributed by atoms with Crippen molar-refractivity contribution in [2.45, 2.75) is 31.9 Å². The van der Waals surface area contributed by atoms with Gasteiger partial charge in [0.25, 0.3) is 11.7 Å². The zero-order valence-electron chi connectivity index (χ0n) is 16.5. The summed E-state index contributed by atoms with van der Waals surface area (Å²) in [6, 6.07) is 10.8. The first-order chi connectivity index (χ1) is 14.4. The summed E-state index contributed by atoms with van der Waals surface area (Å²) in [4.78, 5) is 27.4. The minimum absolute atomic E-state index is 0.0467. The lowest BCUT2D eigenvalue weighted by Gasteiger charge is -2.27. The van der Waals surface area contributed by atoms with Gasteiger partial charge in [0, 0.05) is 23.2 Å². The Bertz CT molecular complexity index is 1020. The van der Waals surface area contributed by atoms with Crippen molar-refractivity contribution in [3.8, 4) is 5.75 Å². The Kier molecular flexibility index (Phi) is 5.66. The minimum Gasteiger partial charge on any atom is -0.508 e. The molecule has 2 aromatic rings. The molecule has 4 rings (SSSR count). The summed E-state index contributed by atoms with van der Waals surface area (Å²) in [5.41, 5.74) is 2.05. The number of carbonyl (C=O) groups is 2. The van der Waals surface area contributed by atoms with Crippen LogP contribution >= 0.6 is 15.9 Å². The lowest BCUT2D eigenvalue weighted by atomic mass is 9.94. The van der Waals surface area contributed by atoms with Crippen LogP contribution in [0.1, 0.15) is 35.6 Å². The van der Waals surface area contributed by atoms with Gasteiger partial charge in [-0.05, 0) is 55.2 Å². The van der Waals surface area contributed by atoms with Gasteiger partial charge in [-0.25, -0.2) is 0 Å². The number of ketones is 1. The van der Waals surface area contributed by atoms with E-state index in [-0.39, 0.29) is 29.7 Å². The Balaban J connectivity index is 1.83. The van der Waals surface area contributed by atoms with Crippen LogP contribution in [0, 0.1) is 6.92 Å². The van der Waals surface area contributed by atoms with Crippen LogP contribution in [0.25, 0.3) is 5.76 Å². The number of phenolic OH excluding ortho intramolecular Hbond substituents is 1. The van der Waals surface area contributed by atoms with Gasteiger partial charge in [0.2, 0.25) is 0 Å². The molecule has 0 bridgehead atoms. The molecular formula is C23H22BrNO5. The molecule has 2 unspecified atom stereocenters. The highest BCUT2D eigenvalue weighted by Gasteiger charge is 2.47. The molecule has 2 aliphatic heterocycles. The molecule has 2 heterocycles. The highest BCUT2D eigenvalue weighted by molar-refractivity contribution is 9.10. The van der Waals surface area contributed by atoms with E-state index in [0.29, 0.717) is 17.7 Å². The molecule has 0 aliphatic carbocycles. The molecule has 2 aromatic carbocycles. The number of hydrogen-bond donors (Lipinski definition) is 2. The number of ether oxygens (including phenoxy) is 1. The summed E-state index contributed by atoms with van der Waals surface area (Å²) < 4.78 is 6.56. The molecule has 0 saturated carbocycles. The number of likely N-dealkylation sites (tertiary alicyclic amines) is 1. The van der Waals surface area contributed by atoms with Gasteiger partial charge < -0.3 is 19.8 Å². The largest absolute Gasteiger partial charge is 0.508 e. The van der Waals surface area contributed by atoms with Gasteiger partial charge in [-0.1, -0.05) is 34.1 Å². The lowest BCUT2D eigenvalue weighted by Crippen LogP contribution is -2.36. The van der Waals surface area contributed by atoms with E-state index in [1.165, 1.54) is 17.0 Å². The van der Waals surface area contributed by atoms with Gasteiger partial charge >= 0.3 is 0 Å². The lowest BCUT2D eigenvalue weighted by molar-refractivity contribution is -0.140. The monoisotopic (exact) mass is 471 g/mol. The number of benzene rings is 2. The van der Waals surface area contributed by atoms with Crippen LogP contribution < -0.4 is 0 Å². The molecule has 2 saturated heterocycles. The number of aryl methyl sites for hydroxylation is 1. The Morgan fingerprint density at radius 2 is 1.93 bits per heavy atom. The second kappa shape index (κ2) is 8.24. The van der Waals surface area contributed by atoms with Crippen LogP contribution in [0.15, 0.2) is 52.5 Å². The predicted molar refractivity (Wildman–Crippen MR) is 115 cm³/mol. The van der Waals surface area contributed by atoms with Crippen molar-refractivity contribution < 1.29 is 24.5 Å². The molecule has 0 spiro atoms. The van der Waals surface area contributed by atoms with Crippen molar-refractivity contribution in [1.82, 2.24) is 4.90 Å². The second-order valence-corrected chi connectivity index (χ2v) is 8.50. The molecule has 2 aliphatic rings. The number of nitrogens with zero attached hydrogens (tertiary/aromatic N) is 1. The number of carbonyl (C=O) groups excluding carboxylic acids is 2. The number of Topliss-reactive ketones (excluding diaryl/α,β-unsaturated/α-hetero) is 1. The quantitative estimate of drug-likeness (QED) is 0.398. The number of hydrogen-bond acceptors (Lipinski definition) is 5. The first-order valence-corrected chi connectivity index (χ1v) is 10.6. The average Bonchev–Trinajstić information content (AvgIpc) is 3.33. The molecule has 0 aromatic heterocycles. The Labute approximate surface area is 182 Å². The molecular weight excluding hydrogens is 450 g/mol. The van der Waals surface area contributed by atoms with Gasteiger partial charge in [0.1, 0.15) is 11.5 Å². The van der Waals surface area contributed by atoms with Crippen LogP contribution in [0.5, 0.6) is 5.75 Å². The maximum Gasteiger partial charge on any atom is 0.295 e. The van der Waals surface area contributed by atoms with Crippen molar-refractivity contribution in [2.24, 2.45) is 0 Å². The van der Waals surface area contributed by atoms with E-state index in [4.69, 9.17) is 4.74 Å². The topological polar surface area (TPSA) is 87.1 Å². The third-order valence-corrected chi connectivity index (χ3v) is 6.49. The summed E-state index contributed by atoms with van der Waals surface area (Å²) in [6.07, 6.45) is 1.59. The van der Waals surface area contributed by atoms with Gasteiger partial charge in [0.05, 0.1) is 17.7 Å². The van der Waals surface area contributed by atoms with Crippen molar-refractivity contribution in [3.63, 3.8) is 0 Å². The Morgan fingerprint density at radius 3 is 2.57 bits per heavy atom. The van der Waals surface area contributed by atoms with Gasteiger partial charge in [0.15, 0.2) is 0 Å². The molecule has 2 atom stereocenters. The summed E-state index contributed by atoms with van der Waals surface area (Å²) in [5.74, 6) is -1.50. The number of amides is 1. The zero-order valence-corrected chi connectivity index (χ0v) is 18.1. The zero-order chi connectivity index (χ0) is 21.4. The highest BCUT2D eigenvalue weighted by atomic mass is 79.9. The number of aromatic hydroxyl groups is 1. The fraction of sp³-hybridized carbons (Fsp3) is 0.304. The van der Waals surface area contributed by atoms with E-state index in [0.717, 1.165) is 22.9 Å². The molecule has 1 amide bonds. The summed E-state index contributed by atoms with van der Waals surface area (Å²) in [5, 5.41) is 20.7. The van der Waals surface area contributed by atoms with Crippen LogP contribution in [0.2, 0.25) is 0 Å². The molecule has 2 N–H and O–H groups in total. The highest BCUT2D eigenvalue weighted by Crippen LogP contribution is 2.40. The minimum atomic E-state index is -0.751. The van der Waals surface area contributed by atoms with Crippen LogP contribution in [0.4, 0.5) is 0 Å². The number of aliphatic hydroxyl groups excluding tert-OH is 1. The molecule has 7 heteroatoms. The molecule has 0 radical (unpaired) electrons. The molecule has 30 heavy (non-hydrogen) atoms. The first-order valence-electron chi connectivity index (χ1n) is 9.82. The van der Waals surface area contributed by atoms with E-state index in [1.54, 1.807) is 30.3 Å². The number of halogens is 1. The van der Waals surface area contributed by atoms with Crippen molar-refractivity contribution in [2.75, 3.05) is 13.2 Å². The average molecular weight is 472 g/mol. The smallest absolute Gasteiger partial charge is 0.295 e. The maximum absolute atomic E-state index is 13.0. The number of rotatable bonds is 4. The molecule has 156 valence electrons. The maximum atomic E-state index is 13.0. The first kappa shape index (κ1) is 20.6. The molecule has 2 fully saturated rings. The van der Waals surface area contributed by atoms with Crippen LogP contribution in [0.3, 0.4) is 0 Å². The van der Waals surface area contributed by atoms with Gasteiger partial charge in [-0.15, -0.1) is 0 Å². The summed E-state index contributed by atoms with van der Waals surface area (Å²) in [6.45, 7) is 2.79. The SMILES string of the molecule is Cc1cc(/C(O)=C2/C(=O)C(=O)N(CC3CCCO3)C2c2ccc(O)cc2)ccc1Br. The number of phenols is 1. The van der Waals surface area contributed by atoms with Gasteiger partial charge in [-0.2, -0.15) is 0 Å². The number of aliphatic hydroxyl groups is 1. The summed E-state index contributed by atoms with van der Waals surface area (Å²) in [7, 11) is 0. The standard InChI is InChI=1S/C23H22BrNO5/c1-13-11-15(6-9-18(13)24)21(27)19-20(14-4-7-16(26)8-5-14)25(23(29)22(19)28)12-17-3-2-10-30-17/h4-9,11,17,20,26-27H,2-3,10,12H2,1H3/b21-19-. The Hall–Kier alpha value is -2.64.